The van der Waals surface area contributed by atoms with Gasteiger partial charge in [-0.1, -0.05) is 0 Å². The van der Waals surface area contributed by atoms with Crippen molar-refractivity contribution < 1.29 is 27.5 Å². The lowest BCUT2D eigenvalue weighted by Crippen LogP contribution is -2.58. The number of aryl methyl sites for hydroxylation is 1. The minimum absolute atomic E-state index is 0.0315. The smallest absolute Gasteiger partial charge is 0.382 e. The highest BCUT2D eigenvalue weighted by atomic mass is 19.4. The Morgan fingerprint density at radius 3 is 2.75 bits per heavy atom. The minimum Gasteiger partial charge on any atom is -0.382 e. The molecule has 2 N–H and O–H groups in total. The molecule has 0 spiro atoms. The summed E-state index contributed by atoms with van der Waals surface area (Å²) in [7, 11) is 1.40. The minimum atomic E-state index is -4.30. The molecule has 7 nitrogen and oxygen atoms in total. The number of nitrogens with two attached hydrogens (primary N) is 1. The van der Waals surface area contributed by atoms with Crippen molar-refractivity contribution in [2.75, 3.05) is 20.3 Å². The molecule has 2 heterocycles. The van der Waals surface area contributed by atoms with E-state index in [9.17, 15) is 22.8 Å². The molecule has 0 bridgehead atoms. The zero-order valence-corrected chi connectivity index (χ0v) is 13.2. The molecular formula is C14H19F3N4O3. The third kappa shape index (κ3) is 3.69. The number of alkyl halides is 3. The molecule has 1 aliphatic rings. The van der Waals surface area contributed by atoms with Gasteiger partial charge in [0.15, 0.2) is 0 Å². The third-order valence-electron chi connectivity index (χ3n) is 4.08. The van der Waals surface area contributed by atoms with Crippen LogP contribution in [0.3, 0.4) is 0 Å². The standard InChI is InChI=1S/C14H19F3N4O3/c1-24-9-13(12(18)23)3-2-5-21(13)11(22)10-7-19-20(8-10)6-4-14(15,16)17/h7-8H,2-6,9H2,1H3,(H2,18,23). The maximum Gasteiger partial charge on any atom is 0.390 e. The lowest BCUT2D eigenvalue weighted by atomic mass is 9.96. The zero-order valence-electron chi connectivity index (χ0n) is 13.2. The Balaban J connectivity index is 2.16. The van der Waals surface area contributed by atoms with Gasteiger partial charge in [0.1, 0.15) is 5.54 Å². The summed E-state index contributed by atoms with van der Waals surface area (Å²) >= 11 is 0. The first-order valence-electron chi connectivity index (χ1n) is 7.39. The van der Waals surface area contributed by atoms with E-state index in [2.05, 4.69) is 5.10 Å². The lowest BCUT2D eigenvalue weighted by molar-refractivity contribution is -0.137. The lowest BCUT2D eigenvalue weighted by Gasteiger charge is -2.34. The Kier molecular flexibility index (Phi) is 5.16. The molecule has 0 aliphatic carbocycles. The number of primary amides is 1. The summed E-state index contributed by atoms with van der Waals surface area (Å²) in [5.74, 6) is -1.17. The van der Waals surface area contributed by atoms with Gasteiger partial charge in [0.25, 0.3) is 5.91 Å². The summed E-state index contributed by atoms with van der Waals surface area (Å²) < 4.78 is 42.8. The van der Waals surface area contributed by atoms with Crippen molar-refractivity contribution in [3.8, 4) is 0 Å². The Morgan fingerprint density at radius 1 is 1.46 bits per heavy atom. The third-order valence-corrected chi connectivity index (χ3v) is 4.08. The molecule has 24 heavy (non-hydrogen) atoms. The number of halogens is 3. The predicted octanol–water partition coefficient (Wildman–Crippen LogP) is 0.942. The van der Waals surface area contributed by atoms with Gasteiger partial charge < -0.3 is 15.4 Å². The maximum absolute atomic E-state index is 12.6. The number of nitrogens with zero attached hydrogens (tertiary/aromatic N) is 3. The van der Waals surface area contributed by atoms with Gasteiger partial charge in [-0.3, -0.25) is 14.3 Å². The van der Waals surface area contributed by atoms with E-state index in [0.717, 1.165) is 4.68 Å². The summed E-state index contributed by atoms with van der Waals surface area (Å²) in [6, 6.07) is 0. The molecule has 1 aromatic heterocycles. The van der Waals surface area contributed by atoms with E-state index in [1.54, 1.807) is 0 Å². The molecule has 0 saturated carbocycles. The van der Waals surface area contributed by atoms with Crippen molar-refractivity contribution >= 4 is 11.8 Å². The molecule has 1 saturated heterocycles. The highest BCUT2D eigenvalue weighted by molar-refractivity contribution is 5.99. The number of amides is 2. The van der Waals surface area contributed by atoms with Crippen LogP contribution in [0.15, 0.2) is 12.4 Å². The summed E-state index contributed by atoms with van der Waals surface area (Å²) in [6.07, 6.45) is -1.95. The second-order valence-electron chi connectivity index (χ2n) is 5.75. The molecule has 1 aromatic rings. The van der Waals surface area contributed by atoms with Crippen LogP contribution < -0.4 is 5.73 Å². The Labute approximate surface area is 136 Å². The fourth-order valence-electron chi connectivity index (χ4n) is 2.88. The molecule has 0 radical (unpaired) electrons. The Hall–Kier alpha value is -2.10. The van der Waals surface area contributed by atoms with Crippen molar-refractivity contribution in [2.24, 2.45) is 5.73 Å². The SMILES string of the molecule is COCC1(C(N)=O)CCCN1C(=O)c1cnn(CCC(F)(F)F)c1. The number of rotatable bonds is 6. The van der Waals surface area contributed by atoms with Crippen LogP contribution in [0, 0.1) is 0 Å². The predicted molar refractivity (Wildman–Crippen MR) is 77.0 cm³/mol. The van der Waals surface area contributed by atoms with Gasteiger partial charge in [-0.2, -0.15) is 18.3 Å². The van der Waals surface area contributed by atoms with Crippen LogP contribution in [0.1, 0.15) is 29.6 Å². The van der Waals surface area contributed by atoms with Gasteiger partial charge in [-0.25, -0.2) is 0 Å². The number of likely N-dealkylation sites (tertiary alicyclic amines) is 1. The summed E-state index contributed by atoms with van der Waals surface area (Å²) in [6.45, 7) is -0.0923. The highest BCUT2D eigenvalue weighted by Gasteiger charge is 2.49. The van der Waals surface area contributed by atoms with Crippen LogP contribution in [-0.2, 0) is 16.1 Å². The zero-order chi connectivity index (χ0) is 18.0. The first-order chi connectivity index (χ1) is 11.2. The monoisotopic (exact) mass is 348 g/mol. The van der Waals surface area contributed by atoms with Gasteiger partial charge in [0, 0.05) is 26.4 Å². The van der Waals surface area contributed by atoms with Gasteiger partial charge in [-0.15, -0.1) is 0 Å². The molecule has 1 unspecified atom stereocenters. The molecular weight excluding hydrogens is 329 g/mol. The van der Waals surface area contributed by atoms with Crippen molar-refractivity contribution in [3.63, 3.8) is 0 Å². The van der Waals surface area contributed by atoms with Crippen molar-refractivity contribution in [3.05, 3.63) is 18.0 Å². The van der Waals surface area contributed by atoms with E-state index in [0.29, 0.717) is 19.4 Å². The van der Waals surface area contributed by atoms with E-state index < -0.39 is 30.0 Å². The van der Waals surface area contributed by atoms with Gasteiger partial charge in [0.2, 0.25) is 5.91 Å². The van der Waals surface area contributed by atoms with Gasteiger partial charge >= 0.3 is 6.18 Å². The summed E-state index contributed by atoms with van der Waals surface area (Å²) in [4.78, 5) is 25.8. The molecule has 0 aromatic carbocycles. The van der Waals surface area contributed by atoms with Crippen molar-refractivity contribution in [1.82, 2.24) is 14.7 Å². The normalized spacial score (nSPS) is 21.2. The van der Waals surface area contributed by atoms with Gasteiger partial charge in [0.05, 0.1) is 24.8 Å². The van der Waals surface area contributed by atoms with E-state index in [4.69, 9.17) is 10.5 Å². The number of hydrogen-bond acceptors (Lipinski definition) is 4. The second kappa shape index (κ2) is 6.80. The van der Waals surface area contributed by atoms with Crippen molar-refractivity contribution in [2.45, 2.75) is 37.5 Å². The van der Waals surface area contributed by atoms with Crippen LogP contribution in [0.25, 0.3) is 0 Å². The average molecular weight is 348 g/mol. The number of carbonyl (C=O) groups is 2. The van der Waals surface area contributed by atoms with Crippen LogP contribution in [0.5, 0.6) is 0 Å². The van der Waals surface area contributed by atoms with E-state index in [1.165, 1.54) is 24.4 Å². The molecule has 1 fully saturated rings. The van der Waals surface area contributed by atoms with Crippen LogP contribution in [0.4, 0.5) is 13.2 Å². The molecule has 2 amide bonds. The fraction of sp³-hybridized carbons (Fsp3) is 0.643. The number of carbonyl (C=O) groups excluding carboxylic acids is 2. The maximum atomic E-state index is 12.6. The molecule has 1 aliphatic heterocycles. The first kappa shape index (κ1) is 18.2. The number of ether oxygens (including phenoxy) is 1. The second-order valence-corrected chi connectivity index (χ2v) is 5.75. The van der Waals surface area contributed by atoms with Crippen LogP contribution >= 0.6 is 0 Å². The molecule has 134 valence electrons. The average Bonchev–Trinajstić information content (AvgIpc) is 3.11. The van der Waals surface area contributed by atoms with Crippen LogP contribution in [0.2, 0.25) is 0 Å². The van der Waals surface area contributed by atoms with E-state index >= 15 is 0 Å². The van der Waals surface area contributed by atoms with Crippen LogP contribution in [-0.4, -0.2) is 58.5 Å². The van der Waals surface area contributed by atoms with Crippen molar-refractivity contribution in [1.29, 1.82) is 0 Å². The first-order valence-corrected chi connectivity index (χ1v) is 7.39. The number of hydrogen-bond donors (Lipinski definition) is 1. The number of aromatic nitrogens is 2. The summed E-state index contributed by atoms with van der Waals surface area (Å²) in [5.41, 5.74) is 4.34. The fourth-order valence-corrected chi connectivity index (χ4v) is 2.88. The number of methoxy groups -OCH3 is 1. The van der Waals surface area contributed by atoms with E-state index in [-0.39, 0.29) is 18.7 Å². The Bertz CT molecular complexity index is 617. The molecule has 2 rings (SSSR count). The largest absolute Gasteiger partial charge is 0.390 e. The summed E-state index contributed by atoms with van der Waals surface area (Å²) in [5, 5.41) is 3.77. The highest BCUT2D eigenvalue weighted by Crippen LogP contribution is 2.31. The molecule has 1 atom stereocenters. The quantitative estimate of drug-likeness (QED) is 0.828. The molecule has 10 heteroatoms. The van der Waals surface area contributed by atoms with E-state index in [1.807, 2.05) is 0 Å². The topological polar surface area (TPSA) is 90.4 Å². The Morgan fingerprint density at radius 2 is 2.17 bits per heavy atom. The van der Waals surface area contributed by atoms with Gasteiger partial charge in [-0.05, 0) is 12.8 Å².